The molecule has 1 fully saturated rings. The van der Waals surface area contributed by atoms with Crippen molar-refractivity contribution in [2.24, 2.45) is 5.92 Å². The number of likely N-dealkylation sites (N-methyl/N-ethyl adjacent to an activating group) is 1. The second-order valence-electron chi connectivity index (χ2n) is 5.71. The first-order chi connectivity index (χ1) is 9.76. The largest absolute Gasteiger partial charge is 0.486 e. The summed E-state index contributed by atoms with van der Waals surface area (Å²) in [5.41, 5.74) is 0.906. The van der Waals surface area contributed by atoms with Crippen molar-refractivity contribution in [2.75, 3.05) is 32.8 Å². The van der Waals surface area contributed by atoms with E-state index in [9.17, 15) is 5.11 Å². The molecular formula is C16H23NO3. The molecule has 2 aliphatic rings. The molecule has 20 heavy (non-hydrogen) atoms. The molecule has 4 heteroatoms. The number of benzene rings is 1. The molecule has 1 aromatic rings. The van der Waals surface area contributed by atoms with Crippen molar-refractivity contribution in [2.45, 2.75) is 25.9 Å². The smallest absolute Gasteiger partial charge is 0.161 e. The van der Waals surface area contributed by atoms with Crippen molar-refractivity contribution in [3.8, 4) is 11.5 Å². The molecule has 0 aromatic heterocycles. The standard InChI is InChI=1S/C16H23NO3/c1-2-17(10-12-3-4-12)11-14(18)13-5-6-15-16(9-13)20-8-7-19-15/h5-6,9,12,14,18H,2-4,7-8,10-11H2,1H3. The van der Waals surface area contributed by atoms with Gasteiger partial charge >= 0.3 is 0 Å². The van der Waals surface area contributed by atoms with E-state index < -0.39 is 6.10 Å². The van der Waals surface area contributed by atoms with Gasteiger partial charge in [-0.05, 0) is 43.0 Å². The van der Waals surface area contributed by atoms with E-state index in [1.54, 1.807) is 0 Å². The summed E-state index contributed by atoms with van der Waals surface area (Å²) < 4.78 is 11.1. The Balaban J connectivity index is 1.64. The van der Waals surface area contributed by atoms with E-state index in [0.717, 1.165) is 36.1 Å². The van der Waals surface area contributed by atoms with E-state index in [1.807, 2.05) is 18.2 Å². The zero-order valence-corrected chi connectivity index (χ0v) is 12.0. The number of hydrogen-bond acceptors (Lipinski definition) is 4. The van der Waals surface area contributed by atoms with Crippen LogP contribution in [-0.4, -0.2) is 42.9 Å². The van der Waals surface area contributed by atoms with Crippen LogP contribution in [0.4, 0.5) is 0 Å². The Morgan fingerprint density at radius 1 is 1.25 bits per heavy atom. The Morgan fingerprint density at radius 3 is 2.70 bits per heavy atom. The van der Waals surface area contributed by atoms with Crippen LogP contribution in [0.5, 0.6) is 11.5 Å². The Morgan fingerprint density at radius 2 is 2.00 bits per heavy atom. The highest BCUT2D eigenvalue weighted by Gasteiger charge is 2.25. The van der Waals surface area contributed by atoms with Gasteiger partial charge in [-0.15, -0.1) is 0 Å². The fourth-order valence-corrected chi connectivity index (χ4v) is 2.62. The molecule has 1 saturated carbocycles. The number of rotatable bonds is 6. The molecule has 1 unspecified atom stereocenters. The number of nitrogens with zero attached hydrogens (tertiary/aromatic N) is 1. The topological polar surface area (TPSA) is 41.9 Å². The Labute approximate surface area is 120 Å². The van der Waals surface area contributed by atoms with Gasteiger partial charge in [-0.25, -0.2) is 0 Å². The van der Waals surface area contributed by atoms with Crippen LogP contribution in [0.2, 0.25) is 0 Å². The Hall–Kier alpha value is -1.26. The Kier molecular flexibility index (Phi) is 4.13. The van der Waals surface area contributed by atoms with Crippen LogP contribution in [0.3, 0.4) is 0 Å². The molecule has 110 valence electrons. The number of hydrogen-bond donors (Lipinski definition) is 1. The average molecular weight is 277 g/mol. The molecule has 1 aliphatic carbocycles. The third kappa shape index (κ3) is 3.25. The summed E-state index contributed by atoms with van der Waals surface area (Å²) in [4.78, 5) is 2.33. The maximum atomic E-state index is 10.4. The lowest BCUT2D eigenvalue weighted by molar-refractivity contribution is 0.112. The van der Waals surface area contributed by atoms with Gasteiger partial charge in [-0.3, -0.25) is 0 Å². The first kappa shape index (κ1) is 13.7. The minimum Gasteiger partial charge on any atom is -0.486 e. The predicted octanol–water partition coefficient (Wildman–Crippen LogP) is 2.22. The van der Waals surface area contributed by atoms with Gasteiger partial charge in [0.05, 0.1) is 6.10 Å². The second kappa shape index (κ2) is 6.02. The monoisotopic (exact) mass is 277 g/mol. The highest BCUT2D eigenvalue weighted by molar-refractivity contribution is 5.44. The molecule has 3 rings (SSSR count). The Bertz CT molecular complexity index is 459. The van der Waals surface area contributed by atoms with Gasteiger partial charge in [0.15, 0.2) is 11.5 Å². The zero-order valence-electron chi connectivity index (χ0n) is 12.0. The molecule has 0 radical (unpaired) electrons. The second-order valence-corrected chi connectivity index (χ2v) is 5.71. The molecule has 1 heterocycles. The van der Waals surface area contributed by atoms with Crippen molar-refractivity contribution >= 4 is 0 Å². The third-order valence-corrected chi connectivity index (χ3v) is 4.04. The molecule has 0 saturated heterocycles. The fourth-order valence-electron chi connectivity index (χ4n) is 2.62. The molecule has 1 atom stereocenters. The lowest BCUT2D eigenvalue weighted by Gasteiger charge is -2.25. The van der Waals surface area contributed by atoms with Crippen LogP contribution < -0.4 is 9.47 Å². The van der Waals surface area contributed by atoms with Gasteiger partial charge in [0.1, 0.15) is 13.2 Å². The summed E-state index contributed by atoms with van der Waals surface area (Å²) in [6, 6.07) is 5.73. The fraction of sp³-hybridized carbons (Fsp3) is 0.625. The molecule has 4 nitrogen and oxygen atoms in total. The van der Waals surface area contributed by atoms with Crippen LogP contribution in [0, 0.1) is 5.92 Å². The predicted molar refractivity (Wildman–Crippen MR) is 77.2 cm³/mol. The SMILES string of the molecule is CCN(CC1CC1)CC(O)c1ccc2c(c1)OCCO2. The van der Waals surface area contributed by atoms with E-state index in [4.69, 9.17) is 9.47 Å². The van der Waals surface area contributed by atoms with Crippen LogP contribution >= 0.6 is 0 Å². The normalized spacial score (nSPS) is 19.1. The van der Waals surface area contributed by atoms with Crippen LogP contribution in [-0.2, 0) is 0 Å². The van der Waals surface area contributed by atoms with Crippen molar-refractivity contribution < 1.29 is 14.6 Å². The first-order valence-electron chi connectivity index (χ1n) is 7.56. The van der Waals surface area contributed by atoms with Crippen LogP contribution in [0.25, 0.3) is 0 Å². The summed E-state index contributed by atoms with van der Waals surface area (Å²) in [5.74, 6) is 2.37. The summed E-state index contributed by atoms with van der Waals surface area (Å²) >= 11 is 0. The van der Waals surface area contributed by atoms with Gasteiger partial charge in [0, 0.05) is 13.1 Å². The van der Waals surface area contributed by atoms with E-state index in [0.29, 0.717) is 19.8 Å². The molecule has 0 amide bonds. The molecule has 0 spiro atoms. The highest BCUT2D eigenvalue weighted by atomic mass is 16.6. The van der Waals surface area contributed by atoms with Gasteiger partial charge in [0.2, 0.25) is 0 Å². The molecular weight excluding hydrogens is 254 g/mol. The summed E-state index contributed by atoms with van der Waals surface area (Å²) in [7, 11) is 0. The van der Waals surface area contributed by atoms with Crippen molar-refractivity contribution in [3.05, 3.63) is 23.8 Å². The molecule has 0 bridgehead atoms. The minimum atomic E-state index is -0.468. The van der Waals surface area contributed by atoms with E-state index in [2.05, 4.69) is 11.8 Å². The lowest BCUT2D eigenvalue weighted by atomic mass is 10.1. The lowest BCUT2D eigenvalue weighted by Crippen LogP contribution is -2.30. The minimum absolute atomic E-state index is 0.468. The maximum absolute atomic E-state index is 10.4. The number of ether oxygens (including phenoxy) is 2. The van der Waals surface area contributed by atoms with E-state index in [1.165, 1.54) is 12.8 Å². The maximum Gasteiger partial charge on any atom is 0.161 e. The van der Waals surface area contributed by atoms with Crippen molar-refractivity contribution in [1.29, 1.82) is 0 Å². The number of fused-ring (bicyclic) bond motifs is 1. The molecule has 1 aromatic carbocycles. The number of aliphatic hydroxyl groups excluding tert-OH is 1. The third-order valence-electron chi connectivity index (χ3n) is 4.04. The van der Waals surface area contributed by atoms with Crippen LogP contribution in [0.15, 0.2) is 18.2 Å². The van der Waals surface area contributed by atoms with Gasteiger partial charge in [-0.1, -0.05) is 13.0 Å². The molecule has 1 aliphatic heterocycles. The van der Waals surface area contributed by atoms with Gasteiger partial charge in [-0.2, -0.15) is 0 Å². The van der Waals surface area contributed by atoms with Crippen molar-refractivity contribution in [1.82, 2.24) is 4.90 Å². The summed E-state index contributed by atoms with van der Waals surface area (Å²) in [5, 5.41) is 10.4. The van der Waals surface area contributed by atoms with E-state index >= 15 is 0 Å². The summed E-state index contributed by atoms with van der Waals surface area (Å²) in [6.45, 7) is 6.11. The van der Waals surface area contributed by atoms with E-state index in [-0.39, 0.29) is 0 Å². The van der Waals surface area contributed by atoms with Gasteiger partial charge < -0.3 is 19.5 Å². The quantitative estimate of drug-likeness (QED) is 0.866. The van der Waals surface area contributed by atoms with Gasteiger partial charge in [0.25, 0.3) is 0 Å². The zero-order chi connectivity index (χ0) is 13.9. The van der Waals surface area contributed by atoms with Crippen molar-refractivity contribution in [3.63, 3.8) is 0 Å². The first-order valence-corrected chi connectivity index (χ1v) is 7.56. The molecule has 1 N–H and O–H groups in total. The summed E-state index contributed by atoms with van der Waals surface area (Å²) in [6.07, 6.45) is 2.22. The highest BCUT2D eigenvalue weighted by Crippen LogP contribution is 2.33. The average Bonchev–Trinajstić information content (AvgIpc) is 3.30. The number of aliphatic hydroxyl groups is 1. The van der Waals surface area contributed by atoms with Crippen LogP contribution in [0.1, 0.15) is 31.4 Å².